The van der Waals surface area contributed by atoms with Gasteiger partial charge in [-0.2, -0.15) is 0 Å². The van der Waals surface area contributed by atoms with Gasteiger partial charge >= 0.3 is 0 Å². The Morgan fingerprint density at radius 1 is 1.18 bits per heavy atom. The smallest absolute Gasteiger partial charge is 0.227 e. The molecule has 0 radical (unpaired) electrons. The van der Waals surface area contributed by atoms with Crippen molar-refractivity contribution in [3.8, 4) is 5.75 Å². The van der Waals surface area contributed by atoms with Crippen molar-refractivity contribution in [1.29, 1.82) is 0 Å². The Kier molecular flexibility index (Phi) is 5.97. The van der Waals surface area contributed by atoms with Crippen molar-refractivity contribution in [2.75, 3.05) is 11.4 Å². The molecule has 2 aromatic carbocycles. The van der Waals surface area contributed by atoms with Gasteiger partial charge in [-0.3, -0.25) is 9.59 Å². The molecule has 0 spiro atoms. The summed E-state index contributed by atoms with van der Waals surface area (Å²) in [5.74, 6) is -0.688. The number of anilines is 1. The molecule has 0 saturated carbocycles. The Morgan fingerprint density at radius 3 is 2.64 bits per heavy atom. The van der Waals surface area contributed by atoms with Crippen molar-refractivity contribution in [3.63, 3.8) is 0 Å². The standard InChI is InChI=1S/C22H25FN2O3/c1-14(2)28-18-8-6-7-16(11-18)15(3)24-22(27)17-12-21(26)25(13-17)20-10-5-4-9-19(20)23/h4-11,14-15,17H,12-13H2,1-3H3,(H,24,27). The number of nitrogens with zero attached hydrogens (tertiary/aromatic N) is 1. The largest absolute Gasteiger partial charge is 0.491 e. The first-order valence-corrected chi connectivity index (χ1v) is 9.47. The SMILES string of the molecule is CC(C)Oc1cccc(C(C)NC(=O)C2CC(=O)N(c3ccccc3F)C2)c1. The molecule has 3 rings (SSSR count). The van der Waals surface area contributed by atoms with Crippen LogP contribution < -0.4 is 15.0 Å². The molecule has 6 heteroatoms. The van der Waals surface area contributed by atoms with E-state index < -0.39 is 11.7 Å². The molecule has 5 nitrogen and oxygen atoms in total. The van der Waals surface area contributed by atoms with E-state index in [2.05, 4.69) is 5.32 Å². The first-order valence-electron chi connectivity index (χ1n) is 9.47. The molecule has 1 N–H and O–H groups in total. The maximum Gasteiger partial charge on any atom is 0.227 e. The van der Waals surface area contributed by atoms with E-state index in [4.69, 9.17) is 4.74 Å². The van der Waals surface area contributed by atoms with Crippen molar-refractivity contribution in [2.24, 2.45) is 5.92 Å². The van der Waals surface area contributed by atoms with Gasteiger partial charge < -0.3 is 15.0 Å². The van der Waals surface area contributed by atoms with Crippen LogP contribution in [0.4, 0.5) is 10.1 Å². The molecule has 2 amide bonds. The third-order valence-corrected chi connectivity index (χ3v) is 4.73. The average Bonchev–Trinajstić information content (AvgIpc) is 3.03. The number of nitrogens with one attached hydrogen (secondary N) is 1. The van der Waals surface area contributed by atoms with E-state index in [1.165, 1.54) is 11.0 Å². The summed E-state index contributed by atoms with van der Waals surface area (Å²) in [5, 5.41) is 2.96. The molecule has 2 aromatic rings. The summed E-state index contributed by atoms with van der Waals surface area (Å²) in [6.45, 7) is 5.97. The summed E-state index contributed by atoms with van der Waals surface area (Å²) < 4.78 is 19.7. The maximum atomic E-state index is 14.0. The van der Waals surface area contributed by atoms with E-state index in [1.807, 2.05) is 45.0 Å². The second-order valence-electron chi connectivity index (χ2n) is 7.33. The first kappa shape index (κ1) is 19.9. The second kappa shape index (κ2) is 8.42. The molecule has 1 aliphatic rings. The van der Waals surface area contributed by atoms with Gasteiger partial charge in [0.1, 0.15) is 11.6 Å². The second-order valence-corrected chi connectivity index (χ2v) is 7.33. The van der Waals surface area contributed by atoms with Crippen molar-refractivity contribution in [3.05, 3.63) is 59.9 Å². The van der Waals surface area contributed by atoms with E-state index in [0.717, 1.165) is 11.3 Å². The van der Waals surface area contributed by atoms with Gasteiger partial charge in [0, 0.05) is 13.0 Å². The summed E-state index contributed by atoms with van der Waals surface area (Å²) in [5.41, 5.74) is 1.14. The fourth-order valence-corrected chi connectivity index (χ4v) is 3.33. The summed E-state index contributed by atoms with van der Waals surface area (Å²) in [4.78, 5) is 26.3. The van der Waals surface area contributed by atoms with Crippen LogP contribution in [0.1, 0.15) is 38.8 Å². The molecule has 1 fully saturated rings. The summed E-state index contributed by atoms with van der Waals surface area (Å²) in [7, 11) is 0. The lowest BCUT2D eigenvalue weighted by molar-refractivity contribution is -0.126. The number of ether oxygens (including phenoxy) is 1. The number of hydrogen-bond donors (Lipinski definition) is 1. The summed E-state index contributed by atoms with van der Waals surface area (Å²) >= 11 is 0. The van der Waals surface area contributed by atoms with E-state index in [-0.39, 0.29) is 42.6 Å². The highest BCUT2D eigenvalue weighted by Crippen LogP contribution is 2.28. The Balaban J connectivity index is 1.65. The molecule has 1 aliphatic heterocycles. The van der Waals surface area contributed by atoms with Crippen LogP contribution in [0.2, 0.25) is 0 Å². The van der Waals surface area contributed by atoms with Crippen LogP contribution in [-0.2, 0) is 9.59 Å². The minimum Gasteiger partial charge on any atom is -0.491 e. The van der Waals surface area contributed by atoms with Crippen LogP contribution in [0.25, 0.3) is 0 Å². The fourth-order valence-electron chi connectivity index (χ4n) is 3.33. The molecule has 1 saturated heterocycles. The van der Waals surface area contributed by atoms with E-state index in [1.54, 1.807) is 18.2 Å². The van der Waals surface area contributed by atoms with Crippen LogP contribution in [-0.4, -0.2) is 24.5 Å². The molecule has 0 aliphatic carbocycles. The molecule has 2 unspecified atom stereocenters. The van der Waals surface area contributed by atoms with Crippen LogP contribution >= 0.6 is 0 Å². The minimum absolute atomic E-state index is 0.0639. The Hall–Kier alpha value is -2.89. The zero-order valence-corrected chi connectivity index (χ0v) is 16.3. The third kappa shape index (κ3) is 4.50. The average molecular weight is 384 g/mol. The van der Waals surface area contributed by atoms with Gasteiger partial charge in [-0.15, -0.1) is 0 Å². The van der Waals surface area contributed by atoms with Gasteiger partial charge in [0.25, 0.3) is 0 Å². The molecule has 2 atom stereocenters. The molecule has 0 aromatic heterocycles. The molecule has 148 valence electrons. The molecule has 28 heavy (non-hydrogen) atoms. The maximum absolute atomic E-state index is 14.0. The first-order chi connectivity index (χ1) is 13.3. The normalized spacial score (nSPS) is 17.7. The van der Waals surface area contributed by atoms with Crippen molar-refractivity contribution < 1.29 is 18.7 Å². The highest BCUT2D eigenvalue weighted by atomic mass is 19.1. The van der Waals surface area contributed by atoms with E-state index >= 15 is 0 Å². The lowest BCUT2D eigenvalue weighted by Crippen LogP contribution is -2.34. The van der Waals surface area contributed by atoms with Crippen LogP contribution in [0.3, 0.4) is 0 Å². The third-order valence-electron chi connectivity index (χ3n) is 4.73. The summed E-state index contributed by atoms with van der Waals surface area (Å²) in [6, 6.07) is 13.5. The zero-order chi connectivity index (χ0) is 20.3. The number of para-hydroxylation sites is 1. The monoisotopic (exact) mass is 384 g/mol. The van der Waals surface area contributed by atoms with Gasteiger partial charge in [-0.25, -0.2) is 4.39 Å². The van der Waals surface area contributed by atoms with Gasteiger partial charge in [0.05, 0.1) is 23.8 Å². The van der Waals surface area contributed by atoms with Crippen LogP contribution in [0, 0.1) is 11.7 Å². The van der Waals surface area contributed by atoms with Gasteiger partial charge in [-0.05, 0) is 50.6 Å². The topological polar surface area (TPSA) is 58.6 Å². The highest BCUT2D eigenvalue weighted by Gasteiger charge is 2.36. The lowest BCUT2D eigenvalue weighted by Gasteiger charge is -2.20. The fraction of sp³-hybridized carbons (Fsp3) is 0.364. The number of amides is 2. The Labute approximate surface area is 164 Å². The molecule has 0 bridgehead atoms. The van der Waals surface area contributed by atoms with Gasteiger partial charge in [-0.1, -0.05) is 24.3 Å². The van der Waals surface area contributed by atoms with E-state index in [0.29, 0.717) is 0 Å². The quantitative estimate of drug-likeness (QED) is 0.823. The number of hydrogen-bond acceptors (Lipinski definition) is 3. The van der Waals surface area contributed by atoms with E-state index in [9.17, 15) is 14.0 Å². The number of rotatable bonds is 6. The highest BCUT2D eigenvalue weighted by molar-refractivity contribution is 6.00. The minimum atomic E-state index is -0.510. The molecule has 1 heterocycles. The molecular weight excluding hydrogens is 359 g/mol. The predicted octanol–water partition coefficient (Wildman–Crippen LogP) is 3.84. The number of halogens is 1. The zero-order valence-electron chi connectivity index (χ0n) is 16.3. The lowest BCUT2D eigenvalue weighted by atomic mass is 10.0. The van der Waals surface area contributed by atoms with Gasteiger partial charge in [0.2, 0.25) is 11.8 Å². The van der Waals surface area contributed by atoms with Crippen LogP contribution in [0.15, 0.2) is 48.5 Å². The van der Waals surface area contributed by atoms with Crippen molar-refractivity contribution in [2.45, 2.75) is 39.3 Å². The van der Waals surface area contributed by atoms with Gasteiger partial charge in [0.15, 0.2) is 0 Å². The Bertz CT molecular complexity index is 868. The number of benzene rings is 2. The number of carbonyl (C=O) groups excluding carboxylic acids is 2. The number of carbonyl (C=O) groups is 2. The Morgan fingerprint density at radius 2 is 1.93 bits per heavy atom. The molecular formula is C22H25FN2O3. The van der Waals surface area contributed by atoms with Crippen molar-refractivity contribution in [1.82, 2.24) is 5.32 Å². The van der Waals surface area contributed by atoms with Crippen molar-refractivity contribution >= 4 is 17.5 Å². The predicted molar refractivity (Wildman–Crippen MR) is 106 cm³/mol. The summed E-state index contributed by atoms with van der Waals surface area (Å²) in [6.07, 6.45) is 0.137. The van der Waals surface area contributed by atoms with Crippen LogP contribution in [0.5, 0.6) is 5.75 Å².